The van der Waals surface area contributed by atoms with E-state index in [1.165, 1.54) is 0 Å². The maximum atomic E-state index is 12.5. The second-order valence-corrected chi connectivity index (χ2v) is 6.59. The molecule has 1 atom stereocenters. The summed E-state index contributed by atoms with van der Waals surface area (Å²) in [5.74, 6) is 0.573. The van der Waals surface area contributed by atoms with Gasteiger partial charge in [-0.2, -0.15) is 5.26 Å². The van der Waals surface area contributed by atoms with Crippen LogP contribution in [0, 0.1) is 22.2 Å². The molecular weight excluding hydrogens is 276 g/mol. The summed E-state index contributed by atoms with van der Waals surface area (Å²) in [6.45, 7) is 7.20. The van der Waals surface area contributed by atoms with Crippen LogP contribution in [0.2, 0.25) is 0 Å². The molecule has 0 saturated carbocycles. The summed E-state index contributed by atoms with van der Waals surface area (Å²) in [5, 5.41) is 9.28. The number of nitrogens with zero attached hydrogens (tertiary/aromatic N) is 4. The maximum absolute atomic E-state index is 12.5. The van der Waals surface area contributed by atoms with Crippen LogP contribution in [0.15, 0.2) is 41.8 Å². The molecule has 112 valence electrons. The molecule has 5 heteroatoms. The lowest BCUT2D eigenvalue weighted by molar-refractivity contribution is -0.122. The second-order valence-electron chi connectivity index (χ2n) is 6.59. The Morgan fingerprint density at radius 2 is 1.95 bits per heavy atom. The molecule has 5 nitrogen and oxygen atoms in total. The van der Waals surface area contributed by atoms with E-state index in [0.29, 0.717) is 19.0 Å². The summed E-state index contributed by atoms with van der Waals surface area (Å²) in [6.07, 6.45) is 7.33. The molecule has 0 amide bonds. The highest BCUT2D eigenvalue weighted by molar-refractivity contribution is 6.06. The largest absolute Gasteiger partial charge is 0.336 e. The third-order valence-corrected chi connectivity index (χ3v) is 4.55. The van der Waals surface area contributed by atoms with Crippen LogP contribution in [0.4, 0.5) is 5.95 Å². The van der Waals surface area contributed by atoms with Gasteiger partial charge in [-0.05, 0) is 25.5 Å². The van der Waals surface area contributed by atoms with Crippen LogP contribution in [0.25, 0.3) is 0 Å². The molecule has 0 bridgehead atoms. The Morgan fingerprint density at radius 1 is 1.27 bits per heavy atom. The Balaban J connectivity index is 2.07. The van der Waals surface area contributed by atoms with Crippen molar-refractivity contribution in [2.75, 3.05) is 18.0 Å². The summed E-state index contributed by atoms with van der Waals surface area (Å²) in [6, 6.07) is 3.84. The lowest BCUT2D eigenvalue weighted by Gasteiger charge is -2.47. The van der Waals surface area contributed by atoms with Crippen LogP contribution in [-0.2, 0) is 4.79 Å². The van der Waals surface area contributed by atoms with Crippen LogP contribution in [0.3, 0.4) is 0 Å². The van der Waals surface area contributed by atoms with Crippen LogP contribution < -0.4 is 4.90 Å². The first-order valence-corrected chi connectivity index (χ1v) is 7.29. The maximum Gasteiger partial charge on any atom is 0.225 e. The number of aromatic nitrogens is 2. The summed E-state index contributed by atoms with van der Waals surface area (Å²) >= 11 is 0. The van der Waals surface area contributed by atoms with E-state index in [0.717, 1.165) is 5.57 Å². The standard InChI is InChI=1S/C17H18N4O/c1-16(2)13-5-8-21(15-19-6-4-7-20-15)11-17(13,3)9-12(10-18)14(16)22/h4-7,9H,8,11H2,1-3H3/t17-/m1/s1. The van der Waals surface area contributed by atoms with Crippen molar-refractivity contribution in [1.82, 2.24) is 9.97 Å². The lowest BCUT2D eigenvalue weighted by atomic mass is 9.60. The summed E-state index contributed by atoms with van der Waals surface area (Å²) in [7, 11) is 0. The molecule has 0 fully saturated rings. The molecule has 0 unspecified atom stereocenters. The first-order valence-electron chi connectivity index (χ1n) is 7.29. The Bertz CT molecular complexity index is 727. The molecule has 3 rings (SSSR count). The second kappa shape index (κ2) is 4.77. The molecule has 1 aromatic heterocycles. The zero-order valence-electron chi connectivity index (χ0n) is 13.0. The van der Waals surface area contributed by atoms with Crippen LogP contribution in [-0.4, -0.2) is 28.8 Å². The summed E-state index contributed by atoms with van der Waals surface area (Å²) in [4.78, 5) is 23.1. The molecule has 0 radical (unpaired) electrons. The molecule has 0 N–H and O–H groups in total. The minimum absolute atomic E-state index is 0.0943. The van der Waals surface area contributed by atoms with Crippen LogP contribution in [0.1, 0.15) is 20.8 Å². The van der Waals surface area contributed by atoms with Gasteiger partial charge < -0.3 is 4.90 Å². The molecule has 2 aliphatic rings. The van der Waals surface area contributed by atoms with Gasteiger partial charge in [0, 0.05) is 30.9 Å². The number of nitriles is 1. The molecule has 0 spiro atoms. The number of fused-ring (bicyclic) bond motifs is 1. The Kier molecular flexibility index (Phi) is 3.13. The van der Waals surface area contributed by atoms with Gasteiger partial charge >= 0.3 is 0 Å². The van der Waals surface area contributed by atoms with Gasteiger partial charge in [-0.25, -0.2) is 9.97 Å². The SMILES string of the molecule is CC1(C)C(=O)C(C#N)=C[C@]2(C)CN(c3ncccn3)CC=C12. The van der Waals surface area contributed by atoms with E-state index < -0.39 is 5.41 Å². The monoisotopic (exact) mass is 294 g/mol. The highest BCUT2D eigenvalue weighted by Crippen LogP contribution is 2.49. The molecule has 1 aliphatic carbocycles. The fourth-order valence-corrected chi connectivity index (χ4v) is 3.61. The van der Waals surface area contributed by atoms with E-state index in [-0.39, 0.29) is 16.8 Å². The average molecular weight is 294 g/mol. The molecule has 1 aromatic rings. The molecule has 22 heavy (non-hydrogen) atoms. The Morgan fingerprint density at radius 3 is 2.59 bits per heavy atom. The van der Waals surface area contributed by atoms with Crippen LogP contribution in [0.5, 0.6) is 0 Å². The molecular formula is C17H18N4O. The summed E-state index contributed by atoms with van der Waals surface area (Å²) in [5.41, 5.74) is 0.328. The van der Waals surface area contributed by atoms with Crippen molar-refractivity contribution >= 4 is 11.7 Å². The zero-order valence-corrected chi connectivity index (χ0v) is 13.0. The van der Waals surface area contributed by atoms with E-state index in [9.17, 15) is 10.1 Å². The Labute approximate surface area is 130 Å². The van der Waals surface area contributed by atoms with Crippen molar-refractivity contribution in [1.29, 1.82) is 5.26 Å². The van der Waals surface area contributed by atoms with Gasteiger partial charge in [-0.15, -0.1) is 0 Å². The van der Waals surface area contributed by atoms with Crippen LogP contribution >= 0.6 is 0 Å². The molecule has 2 heterocycles. The number of hydrogen-bond acceptors (Lipinski definition) is 5. The third-order valence-electron chi connectivity index (χ3n) is 4.55. The van der Waals surface area contributed by atoms with Crippen molar-refractivity contribution in [3.63, 3.8) is 0 Å². The van der Waals surface area contributed by atoms with Gasteiger partial charge in [0.15, 0.2) is 5.78 Å². The van der Waals surface area contributed by atoms with E-state index in [1.807, 2.05) is 19.9 Å². The summed E-state index contributed by atoms with van der Waals surface area (Å²) < 4.78 is 0. The Hall–Kier alpha value is -2.48. The average Bonchev–Trinajstić information content (AvgIpc) is 2.51. The smallest absolute Gasteiger partial charge is 0.225 e. The minimum Gasteiger partial charge on any atom is -0.336 e. The van der Waals surface area contributed by atoms with Crippen molar-refractivity contribution < 1.29 is 4.79 Å². The molecule has 0 saturated heterocycles. The van der Waals surface area contributed by atoms with E-state index >= 15 is 0 Å². The fraction of sp³-hybridized carbons (Fsp3) is 0.412. The fourth-order valence-electron chi connectivity index (χ4n) is 3.61. The number of carbonyl (C=O) groups excluding carboxylic acids is 1. The van der Waals surface area contributed by atoms with Crippen molar-refractivity contribution in [3.8, 4) is 6.07 Å². The number of carbonyl (C=O) groups is 1. The minimum atomic E-state index is -0.641. The van der Waals surface area contributed by atoms with E-state index in [4.69, 9.17) is 0 Å². The highest BCUT2D eigenvalue weighted by atomic mass is 16.1. The number of allylic oxidation sites excluding steroid dienone is 1. The van der Waals surface area contributed by atoms with Crippen molar-refractivity contribution in [2.24, 2.45) is 10.8 Å². The number of Topliss-reactive ketones (excluding diaryl/α,β-unsaturated/α-hetero) is 1. The number of ketones is 1. The van der Waals surface area contributed by atoms with Crippen molar-refractivity contribution in [3.05, 3.63) is 41.8 Å². The first-order chi connectivity index (χ1) is 10.4. The van der Waals surface area contributed by atoms with Gasteiger partial charge in [0.1, 0.15) is 6.07 Å². The quantitative estimate of drug-likeness (QED) is 0.743. The topological polar surface area (TPSA) is 69.9 Å². The third kappa shape index (κ3) is 2.03. The van der Waals surface area contributed by atoms with E-state index in [2.05, 4.69) is 33.9 Å². The molecule has 1 aliphatic heterocycles. The lowest BCUT2D eigenvalue weighted by Crippen LogP contribution is -2.49. The van der Waals surface area contributed by atoms with Gasteiger partial charge in [0.05, 0.1) is 11.0 Å². The van der Waals surface area contributed by atoms with E-state index in [1.54, 1.807) is 18.5 Å². The normalized spacial score (nSPS) is 26.6. The predicted octanol–water partition coefficient (Wildman–Crippen LogP) is 2.29. The number of anilines is 1. The number of hydrogen-bond donors (Lipinski definition) is 0. The molecule has 0 aromatic carbocycles. The van der Waals surface area contributed by atoms with Gasteiger partial charge in [0.25, 0.3) is 0 Å². The highest BCUT2D eigenvalue weighted by Gasteiger charge is 2.49. The van der Waals surface area contributed by atoms with Crippen molar-refractivity contribution in [2.45, 2.75) is 20.8 Å². The van der Waals surface area contributed by atoms with Gasteiger partial charge in [-0.1, -0.05) is 19.1 Å². The van der Waals surface area contributed by atoms with Gasteiger partial charge in [0.2, 0.25) is 5.95 Å². The number of rotatable bonds is 1. The predicted molar refractivity (Wildman–Crippen MR) is 82.9 cm³/mol. The first kappa shape index (κ1) is 14.5. The zero-order chi connectivity index (χ0) is 16.0. The van der Waals surface area contributed by atoms with Gasteiger partial charge in [-0.3, -0.25) is 4.79 Å².